The number of anilines is 1. The van der Waals surface area contributed by atoms with Gasteiger partial charge in [-0.3, -0.25) is 4.79 Å². The number of thioether (sulfide) groups is 1. The molecule has 0 unspecified atom stereocenters. The van der Waals surface area contributed by atoms with E-state index in [4.69, 9.17) is 4.74 Å². The molecule has 0 N–H and O–H groups in total. The van der Waals surface area contributed by atoms with Gasteiger partial charge >= 0.3 is 6.18 Å². The summed E-state index contributed by atoms with van der Waals surface area (Å²) in [6.45, 7) is 2.65. The number of nitrogens with zero attached hydrogens (tertiary/aromatic N) is 3. The fourth-order valence-corrected chi connectivity index (χ4v) is 3.61. The van der Waals surface area contributed by atoms with Crippen molar-refractivity contribution in [2.45, 2.75) is 11.2 Å². The molecule has 1 aromatic carbocycles. The van der Waals surface area contributed by atoms with Crippen molar-refractivity contribution in [2.75, 3.05) is 43.9 Å². The number of carbonyl (C=O) groups is 1. The Morgan fingerprint density at radius 1 is 1.11 bits per heavy atom. The number of piperazine rings is 1. The summed E-state index contributed by atoms with van der Waals surface area (Å²) in [5.74, 6) is 0.911. The lowest BCUT2D eigenvalue weighted by Gasteiger charge is -2.36. The maximum atomic E-state index is 12.6. The monoisotopic (exact) mass is 411 g/mol. The maximum Gasteiger partial charge on any atom is 0.417 e. The van der Waals surface area contributed by atoms with Crippen LogP contribution in [0.2, 0.25) is 0 Å². The second-order valence-electron chi connectivity index (χ2n) is 6.24. The Morgan fingerprint density at radius 2 is 1.79 bits per heavy atom. The quantitative estimate of drug-likeness (QED) is 0.705. The third kappa shape index (κ3) is 5.09. The molecule has 5 nitrogen and oxygen atoms in total. The van der Waals surface area contributed by atoms with E-state index in [-0.39, 0.29) is 11.7 Å². The molecule has 9 heteroatoms. The van der Waals surface area contributed by atoms with Crippen LogP contribution < -0.4 is 9.64 Å². The minimum absolute atomic E-state index is 0.0407. The number of aromatic nitrogens is 1. The molecule has 0 spiro atoms. The average molecular weight is 411 g/mol. The topological polar surface area (TPSA) is 45.7 Å². The van der Waals surface area contributed by atoms with Crippen LogP contribution in [0.15, 0.2) is 47.6 Å². The lowest BCUT2D eigenvalue weighted by molar-refractivity contribution is -0.138. The van der Waals surface area contributed by atoms with Crippen LogP contribution in [0.3, 0.4) is 0 Å². The van der Waals surface area contributed by atoms with Crippen LogP contribution in [0.25, 0.3) is 0 Å². The number of amides is 1. The lowest BCUT2D eigenvalue weighted by atomic mass is 10.2. The van der Waals surface area contributed by atoms with Crippen molar-refractivity contribution in [3.8, 4) is 5.75 Å². The largest absolute Gasteiger partial charge is 0.497 e. The van der Waals surface area contributed by atoms with Gasteiger partial charge in [0.1, 0.15) is 5.75 Å². The predicted octanol–water partition coefficient (Wildman–Crippen LogP) is 3.55. The van der Waals surface area contributed by atoms with Crippen LogP contribution in [0.5, 0.6) is 5.75 Å². The van der Waals surface area contributed by atoms with Crippen LogP contribution in [0.4, 0.5) is 18.9 Å². The second kappa shape index (κ2) is 8.72. The van der Waals surface area contributed by atoms with E-state index in [1.165, 1.54) is 6.07 Å². The van der Waals surface area contributed by atoms with Gasteiger partial charge in [-0.15, -0.1) is 0 Å². The molecule has 1 aliphatic rings. The van der Waals surface area contributed by atoms with E-state index in [0.29, 0.717) is 18.1 Å². The zero-order chi connectivity index (χ0) is 20.1. The zero-order valence-electron chi connectivity index (χ0n) is 15.3. The molecule has 150 valence electrons. The first kappa shape index (κ1) is 20.3. The van der Waals surface area contributed by atoms with Gasteiger partial charge in [-0.05, 0) is 36.4 Å². The maximum absolute atomic E-state index is 12.6. The Morgan fingerprint density at radius 3 is 2.32 bits per heavy atom. The highest BCUT2D eigenvalue weighted by atomic mass is 32.2. The normalized spacial score (nSPS) is 14.9. The summed E-state index contributed by atoms with van der Waals surface area (Å²) < 4.78 is 42.8. The number of ether oxygens (including phenoxy) is 1. The molecule has 0 radical (unpaired) electrons. The number of benzene rings is 1. The summed E-state index contributed by atoms with van der Waals surface area (Å²) in [5.41, 5.74) is 0.286. The molecule has 0 aliphatic carbocycles. The Labute approximate surface area is 165 Å². The summed E-state index contributed by atoms with van der Waals surface area (Å²) in [6.07, 6.45) is -3.62. The van der Waals surface area contributed by atoms with Gasteiger partial charge in [-0.2, -0.15) is 13.2 Å². The number of hydrogen-bond donors (Lipinski definition) is 0. The smallest absolute Gasteiger partial charge is 0.417 e. The van der Waals surface area contributed by atoms with Gasteiger partial charge in [0.2, 0.25) is 5.91 Å². The molecule has 1 saturated heterocycles. The number of methoxy groups -OCH3 is 1. The molecule has 1 aromatic heterocycles. The van der Waals surface area contributed by atoms with Gasteiger partial charge in [0, 0.05) is 38.1 Å². The number of alkyl halides is 3. The van der Waals surface area contributed by atoms with Crippen molar-refractivity contribution in [2.24, 2.45) is 0 Å². The molecule has 0 saturated carbocycles. The summed E-state index contributed by atoms with van der Waals surface area (Å²) in [5, 5.41) is 0.401. The van der Waals surface area contributed by atoms with Gasteiger partial charge in [0.05, 0.1) is 23.5 Å². The average Bonchev–Trinajstić information content (AvgIpc) is 2.72. The summed E-state index contributed by atoms with van der Waals surface area (Å²) in [7, 11) is 1.62. The number of hydrogen-bond acceptors (Lipinski definition) is 5. The van der Waals surface area contributed by atoms with Gasteiger partial charge < -0.3 is 14.5 Å². The van der Waals surface area contributed by atoms with E-state index in [2.05, 4.69) is 9.88 Å². The second-order valence-corrected chi connectivity index (χ2v) is 7.23. The molecule has 1 fully saturated rings. The van der Waals surface area contributed by atoms with Gasteiger partial charge in [-0.1, -0.05) is 11.8 Å². The van der Waals surface area contributed by atoms with Crippen molar-refractivity contribution in [3.63, 3.8) is 0 Å². The standard InChI is InChI=1S/C19H20F3N3O2S/c1-27-16-5-3-15(4-6-16)24-8-10-25(11-9-24)18(26)13-28-17-7-2-14(12-23-17)19(20,21)22/h2-7,12H,8-11,13H2,1H3. The first-order chi connectivity index (χ1) is 13.4. The number of halogens is 3. The van der Waals surface area contributed by atoms with Gasteiger partial charge in [0.15, 0.2) is 0 Å². The number of rotatable bonds is 5. The van der Waals surface area contributed by atoms with Gasteiger partial charge in [0.25, 0.3) is 0 Å². The number of pyridine rings is 1. The van der Waals surface area contributed by atoms with E-state index < -0.39 is 11.7 Å². The van der Waals surface area contributed by atoms with E-state index >= 15 is 0 Å². The Balaban J connectivity index is 1.47. The Kier molecular flexibility index (Phi) is 6.33. The molecular formula is C19H20F3N3O2S. The predicted molar refractivity (Wildman–Crippen MR) is 102 cm³/mol. The van der Waals surface area contributed by atoms with E-state index in [1.807, 2.05) is 24.3 Å². The van der Waals surface area contributed by atoms with Crippen LogP contribution in [0.1, 0.15) is 5.56 Å². The third-order valence-corrected chi connectivity index (χ3v) is 5.41. The van der Waals surface area contributed by atoms with Crippen LogP contribution in [-0.2, 0) is 11.0 Å². The van der Waals surface area contributed by atoms with E-state index in [1.54, 1.807) is 12.0 Å². The highest BCUT2D eigenvalue weighted by Gasteiger charge is 2.30. The van der Waals surface area contributed by atoms with E-state index in [9.17, 15) is 18.0 Å². The molecule has 0 bridgehead atoms. The molecule has 28 heavy (non-hydrogen) atoms. The highest BCUT2D eigenvalue weighted by Crippen LogP contribution is 2.29. The first-order valence-corrected chi connectivity index (χ1v) is 9.68. The molecule has 2 aromatic rings. The zero-order valence-corrected chi connectivity index (χ0v) is 16.1. The van der Waals surface area contributed by atoms with Gasteiger partial charge in [-0.25, -0.2) is 4.98 Å². The molecule has 1 aliphatic heterocycles. The van der Waals surface area contributed by atoms with Crippen LogP contribution in [0, 0.1) is 0 Å². The highest BCUT2D eigenvalue weighted by molar-refractivity contribution is 7.99. The molecule has 0 atom stereocenters. The lowest BCUT2D eigenvalue weighted by Crippen LogP contribution is -2.49. The van der Waals surface area contributed by atoms with Crippen molar-refractivity contribution >= 4 is 23.4 Å². The Hall–Kier alpha value is -2.42. The summed E-state index contributed by atoms with van der Waals surface area (Å²) in [4.78, 5) is 20.1. The molecular weight excluding hydrogens is 391 g/mol. The molecule has 2 heterocycles. The molecule has 1 amide bonds. The third-order valence-electron chi connectivity index (χ3n) is 4.48. The van der Waals surface area contributed by atoms with Crippen molar-refractivity contribution in [1.82, 2.24) is 9.88 Å². The SMILES string of the molecule is COc1ccc(N2CCN(C(=O)CSc3ccc(C(F)(F)F)cn3)CC2)cc1. The minimum Gasteiger partial charge on any atom is -0.497 e. The van der Waals surface area contributed by atoms with Crippen molar-refractivity contribution in [3.05, 3.63) is 48.2 Å². The first-order valence-electron chi connectivity index (χ1n) is 8.69. The minimum atomic E-state index is -4.41. The summed E-state index contributed by atoms with van der Waals surface area (Å²) in [6, 6.07) is 10.1. The van der Waals surface area contributed by atoms with Crippen LogP contribution in [-0.4, -0.2) is 54.8 Å². The van der Waals surface area contributed by atoms with E-state index in [0.717, 1.165) is 48.6 Å². The van der Waals surface area contributed by atoms with Crippen molar-refractivity contribution in [1.29, 1.82) is 0 Å². The summed E-state index contributed by atoms with van der Waals surface area (Å²) >= 11 is 1.15. The van der Waals surface area contributed by atoms with Crippen molar-refractivity contribution < 1.29 is 22.7 Å². The number of carbonyl (C=O) groups excluding carboxylic acids is 1. The Bertz CT molecular complexity index is 790. The fourth-order valence-electron chi connectivity index (χ4n) is 2.87. The molecule has 3 rings (SSSR count). The van der Waals surface area contributed by atoms with Crippen LogP contribution >= 0.6 is 11.8 Å². The fraction of sp³-hybridized carbons (Fsp3) is 0.368.